The first-order valence-electron chi connectivity index (χ1n) is 7.52. The molecule has 3 heteroatoms. The van der Waals surface area contributed by atoms with E-state index in [1.165, 1.54) is 30.5 Å². The van der Waals surface area contributed by atoms with Gasteiger partial charge in [0.15, 0.2) is 0 Å². The maximum Gasteiger partial charge on any atom is 0.0415 e. The molecule has 1 aromatic carbocycles. The predicted octanol–water partition coefficient (Wildman–Crippen LogP) is 4.22. The third kappa shape index (κ3) is 4.12. The third-order valence-corrected chi connectivity index (χ3v) is 3.78. The van der Waals surface area contributed by atoms with Crippen molar-refractivity contribution in [2.75, 3.05) is 18.0 Å². The van der Waals surface area contributed by atoms with E-state index in [9.17, 15) is 0 Å². The molecule has 0 bridgehead atoms. The molecule has 2 rings (SSSR count). The molecule has 0 saturated heterocycles. The SMILES string of the molecule is CCCNCc1cc(Cl)ccc1N(CCC)C1CC1. The first-order chi connectivity index (χ1) is 9.26. The molecule has 0 aromatic heterocycles. The summed E-state index contributed by atoms with van der Waals surface area (Å²) in [4.78, 5) is 2.57. The monoisotopic (exact) mass is 280 g/mol. The zero-order valence-corrected chi connectivity index (χ0v) is 12.8. The van der Waals surface area contributed by atoms with Crippen LogP contribution in [0.1, 0.15) is 45.1 Å². The van der Waals surface area contributed by atoms with Crippen LogP contribution < -0.4 is 10.2 Å². The first kappa shape index (κ1) is 14.7. The average molecular weight is 281 g/mol. The minimum atomic E-state index is 0.756. The fourth-order valence-corrected chi connectivity index (χ4v) is 2.70. The van der Waals surface area contributed by atoms with Gasteiger partial charge in [0.2, 0.25) is 0 Å². The summed E-state index contributed by atoms with van der Waals surface area (Å²) in [6.45, 7) is 7.56. The van der Waals surface area contributed by atoms with Crippen LogP contribution in [0.5, 0.6) is 0 Å². The predicted molar refractivity (Wildman–Crippen MR) is 84.1 cm³/mol. The molecule has 0 radical (unpaired) electrons. The van der Waals surface area contributed by atoms with E-state index in [-0.39, 0.29) is 0 Å². The van der Waals surface area contributed by atoms with E-state index < -0.39 is 0 Å². The standard InChI is InChI=1S/C16H25ClN2/c1-3-9-18-12-13-11-14(17)5-8-16(13)19(10-4-2)15-6-7-15/h5,8,11,15,18H,3-4,6-7,9-10,12H2,1-2H3. The van der Waals surface area contributed by atoms with Crippen molar-refractivity contribution in [2.24, 2.45) is 0 Å². The van der Waals surface area contributed by atoms with Crippen molar-refractivity contribution >= 4 is 17.3 Å². The molecule has 1 saturated carbocycles. The normalized spacial score (nSPS) is 14.7. The summed E-state index contributed by atoms with van der Waals surface area (Å²) < 4.78 is 0. The number of halogens is 1. The second-order valence-corrected chi connectivity index (χ2v) is 5.81. The fourth-order valence-electron chi connectivity index (χ4n) is 2.50. The minimum absolute atomic E-state index is 0.756. The maximum atomic E-state index is 6.16. The molecule has 2 nitrogen and oxygen atoms in total. The van der Waals surface area contributed by atoms with Gasteiger partial charge in [0, 0.05) is 29.8 Å². The van der Waals surface area contributed by atoms with Crippen molar-refractivity contribution in [3.63, 3.8) is 0 Å². The zero-order valence-electron chi connectivity index (χ0n) is 12.1. The van der Waals surface area contributed by atoms with Crippen molar-refractivity contribution in [3.05, 3.63) is 28.8 Å². The Morgan fingerprint density at radius 3 is 2.68 bits per heavy atom. The molecule has 0 spiro atoms. The number of rotatable bonds is 8. The number of anilines is 1. The highest BCUT2D eigenvalue weighted by molar-refractivity contribution is 6.30. The maximum absolute atomic E-state index is 6.16. The third-order valence-electron chi connectivity index (χ3n) is 3.55. The summed E-state index contributed by atoms with van der Waals surface area (Å²) in [5.74, 6) is 0. The van der Waals surface area contributed by atoms with E-state index in [1.807, 2.05) is 6.07 Å². The van der Waals surface area contributed by atoms with Crippen LogP contribution in [-0.4, -0.2) is 19.1 Å². The molecule has 19 heavy (non-hydrogen) atoms. The molecule has 1 aliphatic carbocycles. The molecule has 1 N–H and O–H groups in total. The van der Waals surface area contributed by atoms with E-state index in [2.05, 4.69) is 36.2 Å². The summed E-state index contributed by atoms with van der Waals surface area (Å²) in [5.41, 5.74) is 2.71. The van der Waals surface area contributed by atoms with Crippen molar-refractivity contribution in [2.45, 2.75) is 52.1 Å². The molecule has 1 aromatic rings. The molecular weight excluding hydrogens is 256 g/mol. The van der Waals surface area contributed by atoms with Crippen molar-refractivity contribution in [3.8, 4) is 0 Å². The summed E-state index contributed by atoms with van der Waals surface area (Å²) in [7, 11) is 0. The number of hydrogen-bond acceptors (Lipinski definition) is 2. The van der Waals surface area contributed by atoms with Crippen LogP contribution in [0.2, 0.25) is 5.02 Å². The molecule has 0 unspecified atom stereocenters. The van der Waals surface area contributed by atoms with Gasteiger partial charge in [0.1, 0.15) is 0 Å². The van der Waals surface area contributed by atoms with Gasteiger partial charge < -0.3 is 10.2 Å². The Hall–Kier alpha value is -0.730. The lowest BCUT2D eigenvalue weighted by molar-refractivity contribution is 0.669. The van der Waals surface area contributed by atoms with Crippen molar-refractivity contribution in [1.29, 1.82) is 0 Å². The van der Waals surface area contributed by atoms with Gasteiger partial charge >= 0.3 is 0 Å². The van der Waals surface area contributed by atoms with Gasteiger partial charge in [-0.1, -0.05) is 25.4 Å². The average Bonchev–Trinajstić information content (AvgIpc) is 3.21. The van der Waals surface area contributed by atoms with Gasteiger partial charge in [-0.3, -0.25) is 0 Å². The zero-order chi connectivity index (χ0) is 13.7. The second-order valence-electron chi connectivity index (χ2n) is 5.37. The van der Waals surface area contributed by atoms with Gasteiger partial charge in [-0.05, 0) is 56.0 Å². The second kappa shape index (κ2) is 7.16. The van der Waals surface area contributed by atoms with Crippen LogP contribution in [0.25, 0.3) is 0 Å². The highest BCUT2D eigenvalue weighted by Gasteiger charge is 2.29. The Kier molecular flexibility index (Phi) is 5.53. The summed E-state index contributed by atoms with van der Waals surface area (Å²) >= 11 is 6.16. The van der Waals surface area contributed by atoms with Crippen LogP contribution in [0.3, 0.4) is 0 Å². The Balaban J connectivity index is 2.16. The molecule has 1 fully saturated rings. The number of benzene rings is 1. The molecule has 0 amide bonds. The fraction of sp³-hybridized carbons (Fsp3) is 0.625. The lowest BCUT2D eigenvalue weighted by Gasteiger charge is -2.27. The Morgan fingerprint density at radius 2 is 2.05 bits per heavy atom. The molecular formula is C16H25ClN2. The van der Waals surface area contributed by atoms with E-state index in [1.54, 1.807) is 0 Å². The topological polar surface area (TPSA) is 15.3 Å². The van der Waals surface area contributed by atoms with Gasteiger partial charge in [-0.2, -0.15) is 0 Å². The summed E-state index contributed by atoms with van der Waals surface area (Å²) in [5, 5.41) is 4.33. The van der Waals surface area contributed by atoms with E-state index in [0.717, 1.165) is 37.1 Å². The summed E-state index contributed by atoms with van der Waals surface area (Å²) in [6, 6.07) is 7.08. The summed E-state index contributed by atoms with van der Waals surface area (Å²) in [6.07, 6.45) is 5.03. The van der Waals surface area contributed by atoms with Gasteiger partial charge in [-0.25, -0.2) is 0 Å². The van der Waals surface area contributed by atoms with Crippen molar-refractivity contribution in [1.82, 2.24) is 5.32 Å². The first-order valence-corrected chi connectivity index (χ1v) is 7.89. The molecule has 1 aliphatic rings. The van der Waals surface area contributed by atoms with Crippen molar-refractivity contribution < 1.29 is 0 Å². The Labute approximate surface area is 122 Å². The molecule has 0 heterocycles. The van der Waals surface area contributed by atoms with Crippen LogP contribution in [0, 0.1) is 0 Å². The van der Waals surface area contributed by atoms with E-state index in [4.69, 9.17) is 11.6 Å². The lowest BCUT2D eigenvalue weighted by atomic mass is 10.1. The van der Waals surface area contributed by atoms with Gasteiger partial charge in [0.05, 0.1) is 0 Å². The van der Waals surface area contributed by atoms with Crippen LogP contribution in [-0.2, 0) is 6.54 Å². The molecule has 106 valence electrons. The number of hydrogen-bond donors (Lipinski definition) is 1. The Morgan fingerprint density at radius 1 is 1.26 bits per heavy atom. The number of nitrogens with zero attached hydrogens (tertiary/aromatic N) is 1. The highest BCUT2D eigenvalue weighted by Crippen LogP contribution is 2.34. The van der Waals surface area contributed by atoms with Crippen LogP contribution in [0.15, 0.2) is 18.2 Å². The Bertz CT molecular complexity index is 402. The molecule has 0 aliphatic heterocycles. The smallest absolute Gasteiger partial charge is 0.0415 e. The minimum Gasteiger partial charge on any atom is -0.368 e. The quantitative estimate of drug-likeness (QED) is 0.717. The van der Waals surface area contributed by atoms with Crippen LogP contribution >= 0.6 is 11.6 Å². The van der Waals surface area contributed by atoms with Crippen LogP contribution in [0.4, 0.5) is 5.69 Å². The van der Waals surface area contributed by atoms with Gasteiger partial charge in [-0.15, -0.1) is 0 Å². The largest absolute Gasteiger partial charge is 0.368 e. The van der Waals surface area contributed by atoms with Gasteiger partial charge in [0.25, 0.3) is 0 Å². The molecule has 0 atom stereocenters. The lowest BCUT2D eigenvalue weighted by Crippen LogP contribution is -2.28. The van der Waals surface area contributed by atoms with E-state index in [0.29, 0.717) is 0 Å². The number of nitrogens with one attached hydrogen (secondary N) is 1. The van der Waals surface area contributed by atoms with E-state index >= 15 is 0 Å². The highest BCUT2D eigenvalue weighted by atomic mass is 35.5.